The van der Waals surface area contributed by atoms with E-state index in [1.807, 2.05) is 30.0 Å². The molecular weight excluding hydrogens is 336 g/mol. The van der Waals surface area contributed by atoms with Gasteiger partial charge in [-0.15, -0.1) is 0 Å². The molecule has 0 saturated heterocycles. The van der Waals surface area contributed by atoms with Crippen molar-refractivity contribution in [3.8, 4) is 0 Å². The molecule has 2 rings (SSSR count). The Morgan fingerprint density at radius 2 is 1.63 bits per heavy atom. The van der Waals surface area contributed by atoms with Crippen LogP contribution in [0.4, 0.5) is 0 Å². The second-order valence-corrected chi connectivity index (χ2v) is 7.09. The predicted octanol–water partition coefficient (Wildman–Crippen LogP) is 4.84. The number of rotatable bonds is 10. The first-order valence-electron chi connectivity index (χ1n) is 10.1. The fraction of sp³-hybridized carbons (Fsp3) is 0.478. The topological polar surface area (TPSA) is 49.4 Å². The number of nitrogens with one attached hydrogen (secondary N) is 1. The Morgan fingerprint density at radius 1 is 0.963 bits per heavy atom. The molecule has 146 valence electrons. The van der Waals surface area contributed by atoms with Crippen LogP contribution in [0.3, 0.4) is 0 Å². The van der Waals surface area contributed by atoms with Gasteiger partial charge in [0.15, 0.2) is 0 Å². The third-order valence-corrected chi connectivity index (χ3v) is 4.80. The van der Waals surface area contributed by atoms with Gasteiger partial charge in [-0.05, 0) is 42.5 Å². The van der Waals surface area contributed by atoms with Crippen molar-refractivity contribution >= 4 is 22.6 Å². The Bertz CT molecular complexity index is 746. The highest BCUT2D eigenvalue weighted by atomic mass is 16.2. The number of benzene rings is 2. The quantitative estimate of drug-likeness (QED) is 0.652. The molecule has 4 nitrogen and oxygen atoms in total. The molecule has 0 fully saturated rings. The van der Waals surface area contributed by atoms with Crippen molar-refractivity contribution in [3.63, 3.8) is 0 Å². The number of nitrogens with zero attached hydrogens (tertiary/aromatic N) is 1. The molecule has 0 heterocycles. The van der Waals surface area contributed by atoms with Crippen molar-refractivity contribution < 1.29 is 9.59 Å². The Kier molecular flexibility index (Phi) is 8.31. The first kappa shape index (κ1) is 20.9. The standard InChI is InChI=1S/C23H32N2O2/c1-4-16-25(17-5-2)23(27)15-9-14-22(26)24-18(3)20-13-8-11-19-10-6-7-12-21(19)20/h6-8,10-13,18H,4-5,9,14-17H2,1-3H3,(H,24,26). The smallest absolute Gasteiger partial charge is 0.222 e. The van der Waals surface area contributed by atoms with Crippen LogP contribution in [0, 0.1) is 0 Å². The predicted molar refractivity (Wildman–Crippen MR) is 112 cm³/mol. The van der Waals surface area contributed by atoms with Gasteiger partial charge in [-0.3, -0.25) is 9.59 Å². The summed E-state index contributed by atoms with van der Waals surface area (Å²) in [6.45, 7) is 7.78. The third kappa shape index (κ3) is 6.09. The Morgan fingerprint density at radius 3 is 2.33 bits per heavy atom. The molecule has 2 aromatic rings. The monoisotopic (exact) mass is 368 g/mol. The van der Waals surface area contributed by atoms with Crippen LogP contribution in [0.5, 0.6) is 0 Å². The summed E-state index contributed by atoms with van der Waals surface area (Å²) >= 11 is 0. The summed E-state index contributed by atoms with van der Waals surface area (Å²) in [5, 5.41) is 5.42. The van der Waals surface area contributed by atoms with E-state index in [1.54, 1.807) is 0 Å². The van der Waals surface area contributed by atoms with E-state index in [0.29, 0.717) is 19.3 Å². The van der Waals surface area contributed by atoms with Crippen molar-refractivity contribution in [2.75, 3.05) is 13.1 Å². The molecule has 0 radical (unpaired) electrons. The van der Waals surface area contributed by atoms with Gasteiger partial charge in [0.05, 0.1) is 6.04 Å². The number of hydrogen-bond acceptors (Lipinski definition) is 2. The van der Waals surface area contributed by atoms with Gasteiger partial charge in [0.2, 0.25) is 11.8 Å². The highest BCUT2D eigenvalue weighted by Crippen LogP contribution is 2.24. The minimum absolute atomic E-state index is 0.000710. The zero-order chi connectivity index (χ0) is 19.6. The zero-order valence-electron chi connectivity index (χ0n) is 16.8. The van der Waals surface area contributed by atoms with Crippen molar-refractivity contribution in [2.24, 2.45) is 0 Å². The lowest BCUT2D eigenvalue weighted by molar-refractivity contribution is -0.131. The van der Waals surface area contributed by atoms with E-state index in [9.17, 15) is 9.59 Å². The van der Waals surface area contributed by atoms with Gasteiger partial charge in [-0.2, -0.15) is 0 Å². The SMILES string of the molecule is CCCN(CCC)C(=O)CCCC(=O)NC(C)c1cccc2ccccc12. The molecule has 0 spiro atoms. The lowest BCUT2D eigenvalue weighted by Gasteiger charge is -2.21. The second kappa shape index (κ2) is 10.7. The largest absolute Gasteiger partial charge is 0.350 e. The van der Waals surface area contributed by atoms with Crippen molar-refractivity contribution in [2.45, 2.75) is 58.9 Å². The average molecular weight is 369 g/mol. The van der Waals surface area contributed by atoms with Gasteiger partial charge in [-0.1, -0.05) is 56.3 Å². The molecular formula is C23H32N2O2. The number of amides is 2. The number of fused-ring (bicyclic) bond motifs is 1. The summed E-state index contributed by atoms with van der Waals surface area (Å²) in [6, 6.07) is 14.3. The molecule has 1 N–H and O–H groups in total. The van der Waals surface area contributed by atoms with Crippen LogP contribution in [0.1, 0.15) is 64.5 Å². The highest BCUT2D eigenvalue weighted by molar-refractivity contribution is 5.87. The van der Waals surface area contributed by atoms with Crippen LogP contribution in [-0.4, -0.2) is 29.8 Å². The van der Waals surface area contributed by atoms with Crippen LogP contribution in [-0.2, 0) is 9.59 Å². The fourth-order valence-electron chi connectivity index (χ4n) is 3.48. The molecule has 2 aromatic carbocycles. The molecule has 0 saturated carbocycles. The maximum atomic E-state index is 12.3. The summed E-state index contributed by atoms with van der Waals surface area (Å²) in [5.74, 6) is 0.161. The van der Waals surface area contributed by atoms with Gasteiger partial charge in [-0.25, -0.2) is 0 Å². The lowest BCUT2D eigenvalue weighted by Crippen LogP contribution is -2.32. The minimum atomic E-state index is -0.0593. The van der Waals surface area contributed by atoms with E-state index in [-0.39, 0.29) is 17.9 Å². The Balaban J connectivity index is 1.85. The zero-order valence-corrected chi connectivity index (χ0v) is 16.8. The molecule has 0 aliphatic carbocycles. The number of carbonyl (C=O) groups excluding carboxylic acids is 2. The molecule has 0 aromatic heterocycles. The van der Waals surface area contributed by atoms with Gasteiger partial charge in [0, 0.05) is 25.9 Å². The molecule has 1 atom stereocenters. The first-order chi connectivity index (χ1) is 13.1. The van der Waals surface area contributed by atoms with Gasteiger partial charge < -0.3 is 10.2 Å². The van der Waals surface area contributed by atoms with Gasteiger partial charge in [0.25, 0.3) is 0 Å². The van der Waals surface area contributed by atoms with Crippen molar-refractivity contribution in [3.05, 3.63) is 48.0 Å². The third-order valence-electron chi connectivity index (χ3n) is 4.80. The normalized spacial score (nSPS) is 12.0. The molecule has 4 heteroatoms. The van der Waals surface area contributed by atoms with Crippen LogP contribution in [0.15, 0.2) is 42.5 Å². The maximum absolute atomic E-state index is 12.3. The lowest BCUT2D eigenvalue weighted by atomic mass is 9.99. The molecule has 1 unspecified atom stereocenters. The van der Waals surface area contributed by atoms with E-state index in [1.165, 1.54) is 5.39 Å². The molecule has 0 aliphatic rings. The van der Waals surface area contributed by atoms with Crippen LogP contribution < -0.4 is 5.32 Å². The second-order valence-electron chi connectivity index (χ2n) is 7.09. The summed E-state index contributed by atoms with van der Waals surface area (Å²) in [6.07, 6.45) is 3.35. The summed E-state index contributed by atoms with van der Waals surface area (Å²) in [4.78, 5) is 26.5. The average Bonchev–Trinajstić information content (AvgIpc) is 2.67. The van der Waals surface area contributed by atoms with Crippen LogP contribution in [0.2, 0.25) is 0 Å². The number of carbonyl (C=O) groups is 2. The molecule has 2 amide bonds. The first-order valence-corrected chi connectivity index (χ1v) is 10.1. The summed E-state index contributed by atoms with van der Waals surface area (Å²) in [7, 11) is 0. The van der Waals surface area contributed by atoms with Gasteiger partial charge in [0.1, 0.15) is 0 Å². The van der Waals surface area contributed by atoms with E-state index in [4.69, 9.17) is 0 Å². The van der Waals surface area contributed by atoms with Crippen LogP contribution >= 0.6 is 0 Å². The van der Waals surface area contributed by atoms with E-state index in [2.05, 4.69) is 43.4 Å². The minimum Gasteiger partial charge on any atom is -0.350 e. The van der Waals surface area contributed by atoms with Crippen molar-refractivity contribution in [1.82, 2.24) is 10.2 Å². The summed E-state index contributed by atoms with van der Waals surface area (Å²) < 4.78 is 0. The van der Waals surface area contributed by atoms with E-state index >= 15 is 0 Å². The molecule has 0 aliphatic heterocycles. The molecule has 0 bridgehead atoms. The Labute approximate surface area is 162 Å². The van der Waals surface area contributed by atoms with Crippen molar-refractivity contribution in [1.29, 1.82) is 0 Å². The summed E-state index contributed by atoms with van der Waals surface area (Å²) in [5.41, 5.74) is 1.12. The van der Waals surface area contributed by atoms with Crippen LogP contribution in [0.25, 0.3) is 10.8 Å². The van der Waals surface area contributed by atoms with E-state index < -0.39 is 0 Å². The fourth-order valence-corrected chi connectivity index (χ4v) is 3.48. The highest BCUT2D eigenvalue weighted by Gasteiger charge is 2.14. The maximum Gasteiger partial charge on any atom is 0.222 e. The molecule has 27 heavy (non-hydrogen) atoms. The van der Waals surface area contributed by atoms with Gasteiger partial charge >= 0.3 is 0 Å². The number of hydrogen-bond donors (Lipinski definition) is 1. The Hall–Kier alpha value is -2.36. The van der Waals surface area contributed by atoms with E-state index in [0.717, 1.165) is 36.9 Å².